The van der Waals surface area contributed by atoms with Crippen LogP contribution in [-0.2, 0) is 4.79 Å². The molecule has 0 aliphatic carbocycles. The van der Waals surface area contributed by atoms with E-state index in [4.69, 9.17) is 32.7 Å². The molecule has 0 atom stereocenters. The lowest BCUT2D eigenvalue weighted by Gasteiger charge is -2.07. The van der Waals surface area contributed by atoms with Crippen LogP contribution in [0.3, 0.4) is 0 Å². The van der Waals surface area contributed by atoms with Crippen molar-refractivity contribution in [3.05, 3.63) is 93.3 Å². The van der Waals surface area contributed by atoms with Crippen molar-refractivity contribution in [3.63, 3.8) is 0 Å². The molecule has 166 valence electrons. The zero-order valence-corrected chi connectivity index (χ0v) is 19.3. The summed E-state index contributed by atoms with van der Waals surface area (Å²) < 4.78 is 11.8. The first-order valence-corrected chi connectivity index (χ1v) is 11.3. The van der Waals surface area contributed by atoms with Crippen LogP contribution in [0.4, 0.5) is 0 Å². The van der Waals surface area contributed by atoms with Gasteiger partial charge in [-0.05, 0) is 42.5 Å². The molecule has 0 saturated carbocycles. The lowest BCUT2D eigenvalue weighted by Crippen LogP contribution is -2.24. The monoisotopic (exact) mass is 498 g/mol. The summed E-state index contributed by atoms with van der Waals surface area (Å²) in [5, 5.41) is 5.66. The summed E-state index contributed by atoms with van der Waals surface area (Å²) in [6.45, 7) is -0.222. The van der Waals surface area contributed by atoms with Crippen LogP contribution in [0, 0.1) is 0 Å². The van der Waals surface area contributed by atoms with Crippen molar-refractivity contribution >= 4 is 62.7 Å². The minimum Gasteiger partial charge on any atom is -0.484 e. The van der Waals surface area contributed by atoms with Gasteiger partial charge in [-0.25, -0.2) is 10.2 Å². The second-order valence-corrected chi connectivity index (χ2v) is 8.57. The normalized spacial score (nSPS) is 11.0. The number of esters is 1. The Morgan fingerprint density at radius 2 is 1.70 bits per heavy atom. The number of fused-ring (bicyclic) bond motifs is 1. The fourth-order valence-electron chi connectivity index (χ4n) is 2.86. The number of para-hydroxylation sites is 1. The highest BCUT2D eigenvalue weighted by atomic mass is 35.5. The summed E-state index contributed by atoms with van der Waals surface area (Å²) in [7, 11) is 0. The fraction of sp³-hybridized carbons (Fsp3) is 0.0417. The van der Waals surface area contributed by atoms with Crippen molar-refractivity contribution in [1.29, 1.82) is 0 Å². The average molecular weight is 499 g/mol. The van der Waals surface area contributed by atoms with Gasteiger partial charge in [0, 0.05) is 20.7 Å². The average Bonchev–Trinajstić information content (AvgIpc) is 3.16. The molecule has 9 heteroatoms. The van der Waals surface area contributed by atoms with Gasteiger partial charge in [0.05, 0.1) is 11.2 Å². The maximum absolute atomic E-state index is 12.7. The van der Waals surface area contributed by atoms with Crippen LogP contribution in [-0.4, -0.2) is 24.7 Å². The SMILES string of the molecule is O=C(COc1ccc(Cl)cc1)N/N=C\c1ccccc1OC(=O)c1sc2ccccc2c1Cl. The van der Waals surface area contributed by atoms with E-state index in [1.807, 2.05) is 24.3 Å². The predicted octanol–water partition coefficient (Wildman–Crippen LogP) is 5.96. The molecule has 1 amide bonds. The predicted molar refractivity (Wildman–Crippen MR) is 131 cm³/mol. The minimum atomic E-state index is -0.567. The molecular weight excluding hydrogens is 483 g/mol. The summed E-state index contributed by atoms with van der Waals surface area (Å²) in [5.41, 5.74) is 2.87. The molecule has 4 rings (SSSR count). The fourth-order valence-corrected chi connectivity index (χ4v) is 4.37. The van der Waals surface area contributed by atoms with Crippen molar-refractivity contribution < 1.29 is 19.1 Å². The highest BCUT2D eigenvalue weighted by Crippen LogP contribution is 2.36. The smallest absolute Gasteiger partial charge is 0.355 e. The largest absolute Gasteiger partial charge is 0.484 e. The third-order valence-corrected chi connectivity index (χ3v) is 6.33. The number of rotatable bonds is 7. The molecule has 0 radical (unpaired) electrons. The molecule has 0 unspecified atom stereocenters. The van der Waals surface area contributed by atoms with E-state index in [1.54, 1.807) is 48.5 Å². The van der Waals surface area contributed by atoms with Gasteiger partial charge in [-0.3, -0.25) is 4.79 Å². The summed E-state index contributed by atoms with van der Waals surface area (Å²) in [5.74, 6) is -0.225. The van der Waals surface area contributed by atoms with Crippen LogP contribution in [0.2, 0.25) is 10.0 Å². The number of benzene rings is 3. The second kappa shape index (κ2) is 10.5. The summed E-state index contributed by atoms with van der Waals surface area (Å²) >= 11 is 13.5. The van der Waals surface area contributed by atoms with Crippen molar-refractivity contribution in [2.24, 2.45) is 5.10 Å². The van der Waals surface area contributed by atoms with Gasteiger partial charge in [0.2, 0.25) is 0 Å². The number of hydrogen-bond acceptors (Lipinski definition) is 6. The molecule has 0 aliphatic heterocycles. The first-order valence-electron chi connectivity index (χ1n) is 9.70. The van der Waals surface area contributed by atoms with E-state index < -0.39 is 11.9 Å². The number of nitrogens with zero attached hydrogens (tertiary/aromatic N) is 1. The Labute approximate surface area is 203 Å². The van der Waals surface area contributed by atoms with E-state index >= 15 is 0 Å². The van der Waals surface area contributed by atoms with Gasteiger partial charge in [-0.1, -0.05) is 53.5 Å². The Hall–Kier alpha value is -3.39. The van der Waals surface area contributed by atoms with Crippen molar-refractivity contribution in [2.45, 2.75) is 0 Å². The molecule has 0 saturated heterocycles. The van der Waals surface area contributed by atoms with Crippen molar-refractivity contribution in [3.8, 4) is 11.5 Å². The number of hydrazone groups is 1. The maximum Gasteiger partial charge on any atom is 0.355 e. The van der Waals surface area contributed by atoms with Crippen LogP contribution in [0.25, 0.3) is 10.1 Å². The molecule has 4 aromatic rings. The highest BCUT2D eigenvalue weighted by molar-refractivity contribution is 7.21. The summed E-state index contributed by atoms with van der Waals surface area (Å²) in [6.07, 6.45) is 1.38. The quantitative estimate of drug-likeness (QED) is 0.147. The van der Waals surface area contributed by atoms with Crippen LogP contribution < -0.4 is 14.9 Å². The topological polar surface area (TPSA) is 77.0 Å². The van der Waals surface area contributed by atoms with E-state index in [1.165, 1.54) is 17.6 Å². The van der Waals surface area contributed by atoms with Gasteiger partial charge in [0.25, 0.3) is 5.91 Å². The van der Waals surface area contributed by atoms with E-state index in [2.05, 4.69) is 10.5 Å². The van der Waals surface area contributed by atoms with E-state index in [0.717, 1.165) is 10.1 Å². The number of hydrogen-bond donors (Lipinski definition) is 1. The lowest BCUT2D eigenvalue weighted by atomic mass is 10.2. The summed E-state index contributed by atoms with van der Waals surface area (Å²) in [4.78, 5) is 25.0. The second-order valence-electron chi connectivity index (χ2n) is 6.70. The number of ether oxygens (including phenoxy) is 2. The Morgan fingerprint density at radius 3 is 2.48 bits per heavy atom. The van der Waals surface area contributed by atoms with E-state index in [9.17, 15) is 9.59 Å². The molecule has 1 heterocycles. The molecular formula is C24H16Cl2N2O4S. The molecule has 6 nitrogen and oxygen atoms in total. The summed E-state index contributed by atoms with van der Waals surface area (Å²) in [6, 6.07) is 20.9. The van der Waals surface area contributed by atoms with Gasteiger partial charge >= 0.3 is 5.97 Å². The molecule has 33 heavy (non-hydrogen) atoms. The van der Waals surface area contributed by atoms with Crippen molar-refractivity contribution in [1.82, 2.24) is 5.43 Å². The molecule has 1 aromatic heterocycles. The molecule has 0 spiro atoms. The Bertz CT molecular complexity index is 1340. The number of halogens is 2. The number of thiophene rings is 1. The third-order valence-electron chi connectivity index (χ3n) is 4.42. The zero-order valence-electron chi connectivity index (χ0n) is 17.0. The van der Waals surface area contributed by atoms with Gasteiger partial charge in [-0.2, -0.15) is 5.10 Å². The standard InChI is InChI=1S/C24H16Cl2N2O4S/c25-16-9-11-17(12-10-16)31-14-21(29)28-27-13-15-5-1-3-7-19(15)32-24(30)23-22(26)18-6-2-4-8-20(18)33-23/h1-13H,14H2,(H,28,29)/b27-13-. The van der Waals surface area contributed by atoms with Crippen LogP contribution in [0.5, 0.6) is 11.5 Å². The van der Waals surface area contributed by atoms with Gasteiger partial charge < -0.3 is 9.47 Å². The maximum atomic E-state index is 12.7. The Balaban J connectivity index is 1.39. The molecule has 0 bridgehead atoms. The Kier molecular flexibility index (Phi) is 7.24. The van der Waals surface area contributed by atoms with E-state index in [-0.39, 0.29) is 12.4 Å². The third kappa shape index (κ3) is 5.70. The van der Waals surface area contributed by atoms with Crippen molar-refractivity contribution in [2.75, 3.05) is 6.61 Å². The number of carbonyl (C=O) groups is 2. The van der Waals surface area contributed by atoms with Crippen LogP contribution in [0.15, 0.2) is 77.9 Å². The van der Waals surface area contributed by atoms with Gasteiger partial charge in [0.1, 0.15) is 16.4 Å². The minimum absolute atomic E-state index is 0.222. The molecule has 1 N–H and O–H groups in total. The first kappa shape index (κ1) is 22.8. The molecule has 0 fully saturated rings. The van der Waals surface area contributed by atoms with Crippen LogP contribution >= 0.6 is 34.5 Å². The lowest BCUT2D eigenvalue weighted by molar-refractivity contribution is -0.123. The first-order chi connectivity index (χ1) is 16.0. The number of amides is 1. The zero-order chi connectivity index (χ0) is 23.2. The van der Waals surface area contributed by atoms with Crippen LogP contribution in [0.1, 0.15) is 15.2 Å². The number of nitrogens with one attached hydrogen (secondary N) is 1. The van der Waals surface area contributed by atoms with Gasteiger partial charge in [-0.15, -0.1) is 11.3 Å². The van der Waals surface area contributed by atoms with E-state index in [0.29, 0.717) is 26.2 Å². The molecule has 3 aromatic carbocycles. The number of carbonyl (C=O) groups excluding carboxylic acids is 2. The van der Waals surface area contributed by atoms with Gasteiger partial charge in [0.15, 0.2) is 6.61 Å². The Morgan fingerprint density at radius 1 is 0.970 bits per heavy atom. The molecule has 0 aliphatic rings. The highest BCUT2D eigenvalue weighted by Gasteiger charge is 2.19.